The monoisotopic (exact) mass is 254 g/mol. The van der Waals surface area contributed by atoms with Crippen LogP contribution in [0.15, 0.2) is 11.8 Å². The maximum atomic E-state index is 5.89. The summed E-state index contributed by atoms with van der Waals surface area (Å²) in [6.45, 7) is 3.08. The molecule has 2 rings (SSSR count). The molecule has 1 saturated carbocycles. The first-order valence-corrected chi connectivity index (χ1v) is 7.06. The van der Waals surface area contributed by atoms with E-state index in [0.29, 0.717) is 5.92 Å². The van der Waals surface area contributed by atoms with Gasteiger partial charge in [0.1, 0.15) is 11.8 Å². The topological polar surface area (TPSA) is 56.5 Å². The molecule has 4 nitrogen and oxygen atoms in total. The molecule has 0 saturated heterocycles. The zero-order chi connectivity index (χ0) is 13.0. The number of nitrogens with two attached hydrogens (primary N) is 1. The number of hydrogen-bond acceptors (Lipinski definition) is 4. The van der Waals surface area contributed by atoms with Gasteiger partial charge in [0.2, 0.25) is 0 Å². The molecule has 0 bridgehead atoms. The van der Waals surface area contributed by atoms with Crippen molar-refractivity contribution in [2.24, 2.45) is 11.8 Å². The Kier molecular flexibility index (Phi) is 4.65. The maximum Gasteiger partial charge on any atom is 0.113 e. The standard InChI is InChI=1S/C14H26N2O2/c1-11-6-5-8-14(10-11,17-2)13(16-15)12-7-3-4-9-18-12/h7,11,13,16H,3-6,8-10,15H2,1-2H3. The van der Waals surface area contributed by atoms with Crippen LogP contribution in [0.1, 0.15) is 45.4 Å². The van der Waals surface area contributed by atoms with Crippen LogP contribution in [-0.4, -0.2) is 25.4 Å². The van der Waals surface area contributed by atoms with Gasteiger partial charge in [0.15, 0.2) is 0 Å². The average Bonchev–Trinajstić information content (AvgIpc) is 2.41. The predicted octanol–water partition coefficient (Wildman–Crippen LogP) is 2.11. The zero-order valence-corrected chi connectivity index (χ0v) is 11.6. The molecule has 18 heavy (non-hydrogen) atoms. The highest BCUT2D eigenvalue weighted by Gasteiger charge is 2.44. The molecule has 1 heterocycles. The predicted molar refractivity (Wildman–Crippen MR) is 71.8 cm³/mol. The summed E-state index contributed by atoms with van der Waals surface area (Å²) in [5.74, 6) is 7.44. The van der Waals surface area contributed by atoms with Crippen LogP contribution >= 0.6 is 0 Å². The van der Waals surface area contributed by atoms with Crippen molar-refractivity contribution in [1.82, 2.24) is 5.43 Å². The van der Waals surface area contributed by atoms with Crippen LogP contribution < -0.4 is 11.3 Å². The van der Waals surface area contributed by atoms with Gasteiger partial charge in [-0.1, -0.05) is 19.8 Å². The fourth-order valence-corrected chi connectivity index (χ4v) is 3.38. The molecule has 3 unspecified atom stereocenters. The van der Waals surface area contributed by atoms with Crippen LogP contribution in [0.5, 0.6) is 0 Å². The highest BCUT2D eigenvalue weighted by molar-refractivity contribution is 5.14. The Hall–Kier alpha value is -0.580. The van der Waals surface area contributed by atoms with E-state index < -0.39 is 0 Å². The van der Waals surface area contributed by atoms with Crippen molar-refractivity contribution in [3.63, 3.8) is 0 Å². The minimum absolute atomic E-state index is 0.0226. The average molecular weight is 254 g/mol. The van der Waals surface area contributed by atoms with Crippen LogP contribution in [0.3, 0.4) is 0 Å². The summed E-state index contributed by atoms with van der Waals surface area (Å²) in [5.41, 5.74) is 2.72. The summed E-state index contributed by atoms with van der Waals surface area (Å²) < 4.78 is 11.7. The summed E-state index contributed by atoms with van der Waals surface area (Å²) >= 11 is 0. The van der Waals surface area contributed by atoms with E-state index in [1.807, 2.05) is 0 Å². The van der Waals surface area contributed by atoms with Crippen molar-refractivity contribution in [3.8, 4) is 0 Å². The summed E-state index contributed by atoms with van der Waals surface area (Å²) in [5, 5.41) is 0. The lowest BCUT2D eigenvalue weighted by atomic mass is 9.74. The molecule has 0 spiro atoms. The van der Waals surface area contributed by atoms with Gasteiger partial charge in [-0.2, -0.15) is 0 Å². The number of methoxy groups -OCH3 is 1. The van der Waals surface area contributed by atoms with Gasteiger partial charge in [-0.3, -0.25) is 5.84 Å². The molecule has 0 aromatic carbocycles. The van der Waals surface area contributed by atoms with Crippen molar-refractivity contribution in [2.45, 2.75) is 57.1 Å². The minimum atomic E-state index is -0.213. The van der Waals surface area contributed by atoms with Gasteiger partial charge in [0.05, 0.1) is 12.2 Å². The number of hydrogen-bond donors (Lipinski definition) is 2. The van der Waals surface area contributed by atoms with Gasteiger partial charge in [-0.05, 0) is 37.7 Å². The van der Waals surface area contributed by atoms with E-state index >= 15 is 0 Å². The first-order chi connectivity index (χ1) is 8.72. The number of rotatable bonds is 4. The summed E-state index contributed by atoms with van der Waals surface area (Å²) in [7, 11) is 1.80. The smallest absolute Gasteiger partial charge is 0.113 e. The Morgan fingerprint density at radius 2 is 2.39 bits per heavy atom. The molecule has 0 aromatic rings. The Labute approximate surface area is 110 Å². The van der Waals surface area contributed by atoms with Gasteiger partial charge < -0.3 is 9.47 Å². The lowest BCUT2D eigenvalue weighted by molar-refractivity contribution is -0.0824. The van der Waals surface area contributed by atoms with E-state index in [1.54, 1.807) is 7.11 Å². The zero-order valence-electron chi connectivity index (χ0n) is 11.6. The van der Waals surface area contributed by atoms with Crippen molar-refractivity contribution >= 4 is 0 Å². The van der Waals surface area contributed by atoms with Crippen molar-refractivity contribution in [2.75, 3.05) is 13.7 Å². The molecular weight excluding hydrogens is 228 g/mol. The Bertz CT molecular complexity index is 306. The molecular formula is C14H26N2O2. The molecule has 1 aliphatic heterocycles. The molecule has 104 valence electrons. The molecule has 2 aliphatic rings. The second-order valence-electron chi connectivity index (χ2n) is 5.67. The van der Waals surface area contributed by atoms with E-state index in [0.717, 1.165) is 38.0 Å². The molecule has 3 atom stereocenters. The van der Waals surface area contributed by atoms with Crippen LogP contribution in [0.25, 0.3) is 0 Å². The second kappa shape index (κ2) is 6.04. The van der Waals surface area contributed by atoms with E-state index in [4.69, 9.17) is 15.3 Å². The molecule has 4 heteroatoms. The lowest BCUT2D eigenvalue weighted by Gasteiger charge is -2.45. The van der Waals surface area contributed by atoms with Gasteiger partial charge in [0.25, 0.3) is 0 Å². The first-order valence-electron chi connectivity index (χ1n) is 7.06. The van der Waals surface area contributed by atoms with Crippen LogP contribution in [0.4, 0.5) is 0 Å². The van der Waals surface area contributed by atoms with Crippen molar-refractivity contribution in [1.29, 1.82) is 0 Å². The summed E-state index contributed by atoms with van der Waals surface area (Å²) in [4.78, 5) is 0. The molecule has 0 aromatic heterocycles. The van der Waals surface area contributed by atoms with E-state index in [9.17, 15) is 0 Å². The summed E-state index contributed by atoms with van der Waals surface area (Å²) in [6, 6.07) is -0.0226. The van der Waals surface area contributed by atoms with E-state index in [1.165, 1.54) is 12.8 Å². The third kappa shape index (κ3) is 2.71. The highest BCUT2D eigenvalue weighted by Crippen LogP contribution is 2.39. The fraction of sp³-hybridized carbons (Fsp3) is 0.857. The number of hydrazine groups is 1. The largest absolute Gasteiger partial charge is 0.496 e. The van der Waals surface area contributed by atoms with Crippen molar-refractivity contribution in [3.05, 3.63) is 11.8 Å². The molecule has 0 amide bonds. The molecule has 0 radical (unpaired) electrons. The Balaban J connectivity index is 2.19. The summed E-state index contributed by atoms with van der Waals surface area (Å²) in [6.07, 6.45) is 8.89. The van der Waals surface area contributed by atoms with E-state index in [-0.39, 0.29) is 11.6 Å². The minimum Gasteiger partial charge on any atom is -0.496 e. The van der Waals surface area contributed by atoms with Gasteiger partial charge in [-0.25, -0.2) is 5.43 Å². The second-order valence-corrected chi connectivity index (χ2v) is 5.67. The SMILES string of the molecule is COC1(C(NN)C2=CCCCO2)CCCC(C)C1. The molecule has 1 fully saturated rings. The van der Waals surface area contributed by atoms with Gasteiger partial charge in [-0.15, -0.1) is 0 Å². The first kappa shape index (κ1) is 13.8. The number of ether oxygens (including phenoxy) is 2. The fourth-order valence-electron chi connectivity index (χ4n) is 3.38. The Morgan fingerprint density at radius 1 is 1.56 bits per heavy atom. The third-order valence-corrected chi connectivity index (χ3v) is 4.34. The van der Waals surface area contributed by atoms with Crippen LogP contribution in [0, 0.1) is 5.92 Å². The molecule has 3 N–H and O–H groups in total. The van der Waals surface area contributed by atoms with Crippen LogP contribution in [0.2, 0.25) is 0 Å². The normalized spacial score (nSPS) is 34.6. The van der Waals surface area contributed by atoms with Crippen molar-refractivity contribution < 1.29 is 9.47 Å². The molecule has 1 aliphatic carbocycles. The highest BCUT2D eigenvalue weighted by atomic mass is 16.5. The Morgan fingerprint density at radius 3 is 2.94 bits per heavy atom. The van der Waals surface area contributed by atoms with Gasteiger partial charge in [0, 0.05) is 7.11 Å². The lowest BCUT2D eigenvalue weighted by Crippen LogP contribution is -2.57. The van der Waals surface area contributed by atoms with Crippen LogP contribution in [-0.2, 0) is 9.47 Å². The maximum absolute atomic E-state index is 5.89. The number of allylic oxidation sites excluding steroid dienone is 1. The quantitative estimate of drug-likeness (QED) is 0.596. The van der Waals surface area contributed by atoms with E-state index in [2.05, 4.69) is 18.4 Å². The third-order valence-electron chi connectivity index (χ3n) is 4.34. The number of nitrogens with one attached hydrogen (secondary N) is 1. The van der Waals surface area contributed by atoms with Gasteiger partial charge >= 0.3 is 0 Å².